The van der Waals surface area contributed by atoms with Crippen molar-refractivity contribution in [2.75, 3.05) is 19.4 Å². The maximum atomic E-state index is 12.7. The number of benzene rings is 4. The number of hydrogen-bond acceptors (Lipinski definition) is 6. The largest absolute Gasteiger partial charge is 0.488 e. The summed E-state index contributed by atoms with van der Waals surface area (Å²) in [7, 11) is -0.758. The smallest absolute Gasteiger partial charge is 0.339 e. The molecule has 2 N–H and O–H groups in total. The first-order valence-corrected chi connectivity index (χ1v) is 15.6. The van der Waals surface area contributed by atoms with Crippen LogP contribution in [0.15, 0.2) is 101 Å². The zero-order valence-corrected chi connectivity index (χ0v) is 26.4. The van der Waals surface area contributed by atoms with E-state index in [2.05, 4.69) is 29.7 Å². The summed E-state index contributed by atoms with van der Waals surface area (Å²) in [5.41, 5.74) is 7.03. The van der Waals surface area contributed by atoms with Gasteiger partial charge in [0.1, 0.15) is 24.7 Å². The molecule has 230 valence electrons. The van der Waals surface area contributed by atoms with E-state index in [9.17, 15) is 13.2 Å². The first kappa shape index (κ1) is 32.2. The first-order valence-electron chi connectivity index (χ1n) is 14.2. The molecular formula is C34H38N4O5S. The van der Waals surface area contributed by atoms with Gasteiger partial charge in [0.05, 0.1) is 11.1 Å². The van der Waals surface area contributed by atoms with Gasteiger partial charge in [0.2, 0.25) is 10.0 Å². The van der Waals surface area contributed by atoms with Crippen molar-refractivity contribution >= 4 is 28.0 Å². The van der Waals surface area contributed by atoms with E-state index in [1.54, 1.807) is 19.1 Å². The number of ether oxygens (including phenoxy) is 2. The summed E-state index contributed by atoms with van der Waals surface area (Å²) in [6.45, 7) is 6.60. The minimum absolute atomic E-state index is 0.111. The molecule has 9 nitrogen and oxygen atoms in total. The van der Waals surface area contributed by atoms with Crippen LogP contribution in [0, 0.1) is 6.92 Å². The van der Waals surface area contributed by atoms with Gasteiger partial charge in [0, 0.05) is 31.4 Å². The van der Waals surface area contributed by atoms with E-state index in [0.29, 0.717) is 41.5 Å². The zero-order valence-electron chi connectivity index (χ0n) is 25.6. The lowest BCUT2D eigenvalue weighted by Gasteiger charge is -2.18. The van der Waals surface area contributed by atoms with Crippen molar-refractivity contribution in [3.05, 3.63) is 119 Å². The fourth-order valence-corrected chi connectivity index (χ4v) is 5.48. The van der Waals surface area contributed by atoms with Gasteiger partial charge in [0.15, 0.2) is 0 Å². The molecule has 0 aliphatic heterocycles. The summed E-state index contributed by atoms with van der Waals surface area (Å²) in [5, 5.41) is 6.80. The van der Waals surface area contributed by atoms with Crippen LogP contribution in [0.3, 0.4) is 0 Å². The van der Waals surface area contributed by atoms with Crippen molar-refractivity contribution in [1.82, 2.24) is 9.73 Å². The monoisotopic (exact) mass is 614 g/mol. The lowest BCUT2D eigenvalue weighted by Crippen LogP contribution is -2.25. The van der Waals surface area contributed by atoms with Gasteiger partial charge >= 0.3 is 6.03 Å². The highest BCUT2D eigenvalue weighted by Gasteiger charge is 2.20. The summed E-state index contributed by atoms with van der Waals surface area (Å²) in [4.78, 5) is 12.8. The quantitative estimate of drug-likeness (QED) is 0.137. The summed E-state index contributed by atoms with van der Waals surface area (Å²) < 4.78 is 38.9. The molecule has 0 radical (unpaired) electrons. The number of nitrogens with zero attached hydrogens (tertiary/aromatic N) is 2. The van der Waals surface area contributed by atoms with Crippen molar-refractivity contribution in [2.45, 2.75) is 44.8 Å². The van der Waals surface area contributed by atoms with Crippen LogP contribution in [-0.2, 0) is 23.2 Å². The van der Waals surface area contributed by atoms with Gasteiger partial charge in [-0.05, 0) is 53.3 Å². The molecule has 0 saturated carbocycles. The summed E-state index contributed by atoms with van der Waals surface area (Å²) >= 11 is 0. The molecule has 2 amide bonds. The van der Waals surface area contributed by atoms with Gasteiger partial charge in [-0.15, -0.1) is 0 Å². The Morgan fingerprint density at radius 1 is 0.864 bits per heavy atom. The fourth-order valence-electron chi connectivity index (χ4n) is 4.34. The number of carbonyl (C=O) groups excluding carboxylic acids is 1. The van der Waals surface area contributed by atoms with Crippen molar-refractivity contribution in [3.8, 4) is 11.5 Å². The molecule has 4 aromatic carbocycles. The van der Waals surface area contributed by atoms with Gasteiger partial charge in [-0.25, -0.2) is 22.9 Å². The topological polar surface area (TPSA) is 109 Å². The maximum absolute atomic E-state index is 12.7. The van der Waals surface area contributed by atoms with Crippen molar-refractivity contribution in [2.24, 2.45) is 5.10 Å². The average Bonchev–Trinajstić information content (AvgIpc) is 3.01. The number of carbonyl (C=O) groups is 1. The molecule has 0 spiro atoms. The number of hydrogen-bond donors (Lipinski definition) is 2. The molecule has 0 aromatic heterocycles. The highest BCUT2D eigenvalue weighted by molar-refractivity contribution is 7.89. The second kappa shape index (κ2) is 14.7. The second-order valence-electron chi connectivity index (χ2n) is 10.7. The molecule has 0 aliphatic carbocycles. The molecule has 10 heteroatoms. The Labute approximate surface area is 259 Å². The van der Waals surface area contributed by atoms with Crippen molar-refractivity contribution in [1.29, 1.82) is 0 Å². The zero-order chi connectivity index (χ0) is 31.7. The summed E-state index contributed by atoms with van der Waals surface area (Å²) in [6, 6.07) is 27.6. The lowest BCUT2D eigenvalue weighted by molar-refractivity contribution is 0.252. The van der Waals surface area contributed by atoms with Crippen LogP contribution >= 0.6 is 0 Å². The van der Waals surface area contributed by atoms with E-state index in [4.69, 9.17) is 9.47 Å². The van der Waals surface area contributed by atoms with Gasteiger partial charge in [0.25, 0.3) is 0 Å². The number of nitrogens with one attached hydrogen (secondary N) is 2. The maximum Gasteiger partial charge on any atom is 0.339 e. The molecule has 0 unspecified atom stereocenters. The molecule has 0 atom stereocenters. The highest BCUT2D eigenvalue weighted by Crippen LogP contribution is 2.34. The predicted octanol–water partition coefficient (Wildman–Crippen LogP) is 6.68. The summed E-state index contributed by atoms with van der Waals surface area (Å²) in [5.74, 6) is 1.39. The number of amides is 2. The third-order valence-electron chi connectivity index (χ3n) is 6.81. The molecule has 4 rings (SSSR count). The molecule has 4 aromatic rings. The average molecular weight is 615 g/mol. The number of urea groups is 1. The van der Waals surface area contributed by atoms with E-state index in [-0.39, 0.29) is 10.8 Å². The highest BCUT2D eigenvalue weighted by atomic mass is 32.2. The minimum atomic E-state index is -3.68. The lowest BCUT2D eigenvalue weighted by atomic mass is 9.99. The first-order chi connectivity index (χ1) is 21.0. The van der Waals surface area contributed by atoms with E-state index in [0.717, 1.165) is 21.0 Å². The number of sulfonamides is 1. The molecule has 0 bridgehead atoms. The van der Waals surface area contributed by atoms with Crippen LogP contribution in [-0.4, -0.2) is 39.1 Å². The Morgan fingerprint density at radius 2 is 1.45 bits per heavy atom. The van der Waals surface area contributed by atoms with Crippen LogP contribution < -0.4 is 20.2 Å². The second-order valence-corrected chi connectivity index (χ2v) is 12.8. The van der Waals surface area contributed by atoms with Crippen LogP contribution in [0.5, 0.6) is 11.5 Å². The van der Waals surface area contributed by atoms with Crippen LogP contribution in [0.25, 0.3) is 0 Å². The standard InChI is InChI=1S/C34H38N4O5S/c1-24(2)30-18-28(21-35-37-34(39)36-29-17-16-25(3)33(19-29)44(40,41)38(4)5)31(42-22-26-12-8-6-9-13-26)20-32(30)43-23-27-14-10-7-11-15-27/h6-21,24H,22-23H2,1-5H3,(H2,36,37,39). The van der Waals surface area contributed by atoms with Gasteiger partial charge in [-0.2, -0.15) is 5.10 Å². The molecule has 0 saturated heterocycles. The third-order valence-corrected chi connectivity index (χ3v) is 8.77. The Kier molecular flexibility index (Phi) is 10.8. The predicted molar refractivity (Wildman–Crippen MR) is 174 cm³/mol. The third kappa shape index (κ3) is 8.46. The van der Waals surface area contributed by atoms with E-state index < -0.39 is 16.1 Å². The van der Waals surface area contributed by atoms with E-state index in [1.165, 1.54) is 26.4 Å². The molecule has 44 heavy (non-hydrogen) atoms. The molecule has 0 fully saturated rings. The molecule has 0 heterocycles. The van der Waals surface area contributed by atoms with E-state index in [1.807, 2.05) is 72.8 Å². The fraction of sp³-hybridized carbons (Fsp3) is 0.235. The Balaban J connectivity index is 1.55. The number of hydrazone groups is 1. The van der Waals surface area contributed by atoms with Crippen molar-refractivity contribution < 1.29 is 22.7 Å². The Hall–Kier alpha value is -4.67. The molecular weight excluding hydrogens is 576 g/mol. The number of aryl methyl sites for hydroxylation is 1. The van der Waals surface area contributed by atoms with E-state index >= 15 is 0 Å². The van der Waals surface area contributed by atoms with Crippen LogP contribution in [0.2, 0.25) is 0 Å². The van der Waals surface area contributed by atoms with Crippen molar-refractivity contribution in [3.63, 3.8) is 0 Å². The number of anilines is 1. The van der Waals surface area contributed by atoms with Gasteiger partial charge in [-0.1, -0.05) is 80.6 Å². The van der Waals surface area contributed by atoms with Crippen LogP contribution in [0.4, 0.5) is 10.5 Å². The molecule has 0 aliphatic rings. The van der Waals surface area contributed by atoms with Gasteiger partial charge in [-0.3, -0.25) is 0 Å². The normalized spacial score (nSPS) is 11.6. The summed E-state index contributed by atoms with van der Waals surface area (Å²) in [6.07, 6.45) is 1.52. The Morgan fingerprint density at radius 3 is 2.02 bits per heavy atom. The Bertz CT molecular complexity index is 1710. The SMILES string of the molecule is Cc1ccc(NC(=O)NN=Cc2cc(C(C)C)c(OCc3ccccc3)cc2OCc2ccccc2)cc1S(=O)(=O)N(C)C. The number of rotatable bonds is 12. The van der Waals surface area contributed by atoms with Crippen LogP contribution in [0.1, 0.15) is 47.6 Å². The van der Waals surface area contributed by atoms with Gasteiger partial charge < -0.3 is 14.8 Å². The minimum Gasteiger partial charge on any atom is -0.488 e.